The number of hydrogen-bond acceptors (Lipinski definition) is 3. The molecule has 2 N–H and O–H groups in total. The highest BCUT2D eigenvalue weighted by molar-refractivity contribution is 7.89. The molecule has 0 bridgehead atoms. The standard InChI is InChI=1S/C15H23ClN2O2S/c1-2-9-17-11-12-10-14(7-8-15(12)16)21(19,20)18-13-5-3-4-6-13/h7-8,10,13,17-18H,2-6,9,11H2,1H3. The third kappa shape index (κ3) is 4.68. The van der Waals surface area contributed by atoms with Gasteiger partial charge in [0.15, 0.2) is 0 Å². The van der Waals surface area contributed by atoms with Crippen molar-refractivity contribution in [2.45, 2.75) is 56.5 Å². The van der Waals surface area contributed by atoms with Crippen LogP contribution in [-0.2, 0) is 16.6 Å². The number of halogens is 1. The summed E-state index contributed by atoms with van der Waals surface area (Å²) in [4.78, 5) is 0.298. The number of hydrogen-bond donors (Lipinski definition) is 2. The Balaban J connectivity index is 2.12. The number of nitrogens with one attached hydrogen (secondary N) is 2. The van der Waals surface area contributed by atoms with Crippen LogP contribution in [0.25, 0.3) is 0 Å². The summed E-state index contributed by atoms with van der Waals surface area (Å²) in [7, 11) is -3.45. The summed E-state index contributed by atoms with van der Waals surface area (Å²) in [6, 6.07) is 4.98. The van der Waals surface area contributed by atoms with Crippen molar-refractivity contribution < 1.29 is 8.42 Å². The van der Waals surface area contributed by atoms with Gasteiger partial charge in [-0.1, -0.05) is 31.4 Å². The molecule has 0 spiro atoms. The molecular formula is C15H23ClN2O2S. The highest BCUT2D eigenvalue weighted by atomic mass is 35.5. The van der Waals surface area contributed by atoms with Crippen LogP contribution in [0.2, 0.25) is 5.02 Å². The van der Waals surface area contributed by atoms with Gasteiger partial charge in [0.1, 0.15) is 0 Å². The minimum absolute atomic E-state index is 0.0762. The molecule has 1 aromatic rings. The molecule has 0 saturated heterocycles. The van der Waals surface area contributed by atoms with Gasteiger partial charge in [0.25, 0.3) is 0 Å². The highest BCUT2D eigenvalue weighted by Gasteiger charge is 2.23. The largest absolute Gasteiger partial charge is 0.313 e. The molecule has 6 heteroatoms. The molecule has 0 atom stereocenters. The Morgan fingerprint density at radius 1 is 1.29 bits per heavy atom. The van der Waals surface area contributed by atoms with E-state index in [1.165, 1.54) is 0 Å². The van der Waals surface area contributed by atoms with Gasteiger partial charge in [-0.3, -0.25) is 0 Å². The van der Waals surface area contributed by atoms with Crippen molar-refractivity contribution in [2.24, 2.45) is 0 Å². The van der Waals surface area contributed by atoms with Crippen molar-refractivity contribution in [2.75, 3.05) is 6.54 Å². The van der Waals surface area contributed by atoms with E-state index in [9.17, 15) is 8.42 Å². The van der Waals surface area contributed by atoms with Gasteiger partial charge >= 0.3 is 0 Å². The lowest BCUT2D eigenvalue weighted by atomic mass is 10.2. The maximum Gasteiger partial charge on any atom is 0.240 e. The molecule has 1 saturated carbocycles. The average molecular weight is 331 g/mol. The Morgan fingerprint density at radius 2 is 2.00 bits per heavy atom. The lowest BCUT2D eigenvalue weighted by Crippen LogP contribution is -2.32. The molecular weight excluding hydrogens is 308 g/mol. The first-order valence-electron chi connectivity index (χ1n) is 7.54. The van der Waals surface area contributed by atoms with E-state index in [0.717, 1.165) is 44.2 Å². The summed E-state index contributed by atoms with van der Waals surface area (Å²) in [5.41, 5.74) is 0.819. The summed E-state index contributed by atoms with van der Waals surface area (Å²) >= 11 is 6.14. The molecule has 1 aliphatic carbocycles. The predicted molar refractivity (Wildman–Crippen MR) is 86.0 cm³/mol. The average Bonchev–Trinajstić information content (AvgIpc) is 2.93. The minimum atomic E-state index is -3.45. The lowest BCUT2D eigenvalue weighted by Gasteiger charge is -2.14. The van der Waals surface area contributed by atoms with Crippen LogP contribution in [-0.4, -0.2) is 21.0 Å². The number of benzene rings is 1. The molecule has 0 heterocycles. The van der Waals surface area contributed by atoms with Crippen LogP contribution in [0.5, 0.6) is 0 Å². The lowest BCUT2D eigenvalue weighted by molar-refractivity contribution is 0.552. The third-order valence-corrected chi connectivity index (χ3v) is 5.63. The molecule has 0 aliphatic heterocycles. The Hall–Kier alpha value is -0.620. The van der Waals surface area contributed by atoms with Crippen LogP contribution in [0.4, 0.5) is 0 Å². The van der Waals surface area contributed by atoms with Gasteiger partial charge in [0.2, 0.25) is 10.0 Å². The summed E-state index contributed by atoms with van der Waals surface area (Å²) in [6.45, 7) is 3.55. The van der Waals surface area contributed by atoms with E-state index in [4.69, 9.17) is 11.6 Å². The molecule has 21 heavy (non-hydrogen) atoms. The first-order valence-corrected chi connectivity index (χ1v) is 9.40. The van der Waals surface area contributed by atoms with Crippen molar-refractivity contribution in [3.8, 4) is 0 Å². The van der Waals surface area contributed by atoms with Crippen LogP contribution >= 0.6 is 11.6 Å². The molecule has 1 aliphatic rings. The van der Waals surface area contributed by atoms with E-state index in [1.54, 1.807) is 18.2 Å². The second kappa shape index (κ2) is 7.58. The van der Waals surface area contributed by atoms with Gasteiger partial charge in [-0.25, -0.2) is 13.1 Å². The number of rotatable bonds is 7. The maximum absolute atomic E-state index is 12.4. The van der Waals surface area contributed by atoms with Crippen molar-refractivity contribution in [3.63, 3.8) is 0 Å². The molecule has 0 amide bonds. The molecule has 0 unspecified atom stereocenters. The van der Waals surface area contributed by atoms with E-state index in [-0.39, 0.29) is 6.04 Å². The Kier molecular flexibility index (Phi) is 6.05. The van der Waals surface area contributed by atoms with Crippen molar-refractivity contribution >= 4 is 21.6 Å². The zero-order valence-electron chi connectivity index (χ0n) is 12.4. The maximum atomic E-state index is 12.4. The topological polar surface area (TPSA) is 58.2 Å². The van der Waals surface area contributed by atoms with Crippen LogP contribution in [0, 0.1) is 0 Å². The Labute approximate surface area is 132 Å². The molecule has 1 fully saturated rings. The molecule has 0 aromatic heterocycles. The first-order chi connectivity index (χ1) is 10.0. The smallest absolute Gasteiger partial charge is 0.240 e. The highest BCUT2D eigenvalue weighted by Crippen LogP contribution is 2.23. The molecule has 118 valence electrons. The van der Waals surface area contributed by atoms with Gasteiger partial charge < -0.3 is 5.32 Å². The zero-order valence-corrected chi connectivity index (χ0v) is 13.9. The SMILES string of the molecule is CCCNCc1cc(S(=O)(=O)NC2CCCC2)ccc1Cl. The van der Waals surface area contributed by atoms with Gasteiger partial charge in [-0.15, -0.1) is 0 Å². The first kappa shape index (κ1) is 16.7. The second-order valence-electron chi connectivity index (χ2n) is 5.53. The van der Waals surface area contributed by atoms with E-state index in [0.29, 0.717) is 16.5 Å². The van der Waals surface area contributed by atoms with Crippen LogP contribution in [0.15, 0.2) is 23.1 Å². The molecule has 1 aromatic carbocycles. The fourth-order valence-corrected chi connectivity index (χ4v) is 4.12. The van der Waals surface area contributed by atoms with Crippen molar-refractivity contribution in [1.82, 2.24) is 10.0 Å². The predicted octanol–water partition coefficient (Wildman–Crippen LogP) is 3.06. The summed E-state index contributed by atoms with van der Waals surface area (Å²) in [6.07, 6.45) is 5.08. The molecule has 0 radical (unpaired) electrons. The van der Waals surface area contributed by atoms with Gasteiger partial charge in [-0.2, -0.15) is 0 Å². The van der Waals surface area contributed by atoms with Crippen LogP contribution in [0.1, 0.15) is 44.6 Å². The monoisotopic (exact) mass is 330 g/mol. The van der Waals surface area contributed by atoms with Crippen LogP contribution < -0.4 is 10.0 Å². The van der Waals surface area contributed by atoms with Crippen molar-refractivity contribution in [1.29, 1.82) is 0 Å². The van der Waals surface area contributed by atoms with E-state index in [1.807, 2.05) is 0 Å². The van der Waals surface area contributed by atoms with Crippen LogP contribution in [0.3, 0.4) is 0 Å². The fourth-order valence-electron chi connectivity index (χ4n) is 2.58. The quantitative estimate of drug-likeness (QED) is 0.755. The summed E-state index contributed by atoms with van der Waals surface area (Å²) in [5, 5.41) is 3.84. The zero-order chi connectivity index (χ0) is 15.3. The van der Waals surface area contributed by atoms with Gasteiger partial charge in [-0.05, 0) is 49.6 Å². The van der Waals surface area contributed by atoms with E-state index < -0.39 is 10.0 Å². The van der Waals surface area contributed by atoms with Crippen molar-refractivity contribution in [3.05, 3.63) is 28.8 Å². The van der Waals surface area contributed by atoms with Gasteiger partial charge in [0, 0.05) is 17.6 Å². The van der Waals surface area contributed by atoms with E-state index >= 15 is 0 Å². The summed E-state index contributed by atoms with van der Waals surface area (Å²) in [5.74, 6) is 0. The summed E-state index contributed by atoms with van der Waals surface area (Å²) < 4.78 is 27.6. The Bertz CT molecular complexity index is 569. The fraction of sp³-hybridized carbons (Fsp3) is 0.600. The normalized spacial score (nSPS) is 16.5. The van der Waals surface area contributed by atoms with E-state index in [2.05, 4.69) is 17.0 Å². The Morgan fingerprint density at radius 3 is 2.67 bits per heavy atom. The van der Waals surface area contributed by atoms with Gasteiger partial charge in [0.05, 0.1) is 4.90 Å². The minimum Gasteiger partial charge on any atom is -0.313 e. The third-order valence-electron chi connectivity index (χ3n) is 3.75. The molecule has 2 rings (SSSR count). The number of sulfonamides is 1. The molecule has 4 nitrogen and oxygen atoms in total. The second-order valence-corrected chi connectivity index (χ2v) is 7.65.